The Kier molecular flexibility index (Phi) is 5.03. The van der Waals surface area contributed by atoms with Crippen LogP contribution in [-0.2, 0) is 6.54 Å². The van der Waals surface area contributed by atoms with Crippen molar-refractivity contribution in [2.75, 3.05) is 10.6 Å². The van der Waals surface area contributed by atoms with Crippen molar-refractivity contribution in [1.29, 1.82) is 0 Å². The number of nitrogens with one attached hydrogen (secondary N) is 2. The zero-order chi connectivity index (χ0) is 16.9. The highest BCUT2D eigenvalue weighted by Gasteiger charge is 2.09. The summed E-state index contributed by atoms with van der Waals surface area (Å²) < 4.78 is 5.23. The highest BCUT2D eigenvalue weighted by molar-refractivity contribution is 6.42. The predicted molar refractivity (Wildman–Crippen MR) is 94.7 cm³/mol. The molecule has 7 heteroatoms. The summed E-state index contributed by atoms with van der Waals surface area (Å²) in [7, 11) is 0. The first kappa shape index (κ1) is 16.4. The molecule has 0 spiro atoms. The van der Waals surface area contributed by atoms with Crippen molar-refractivity contribution in [3.8, 4) is 0 Å². The summed E-state index contributed by atoms with van der Waals surface area (Å²) in [4.78, 5) is 16.3. The summed E-state index contributed by atoms with van der Waals surface area (Å²) in [5.41, 5.74) is 1.64. The van der Waals surface area contributed by atoms with Crippen LogP contribution in [0, 0.1) is 0 Å². The number of halogens is 2. The average molecular weight is 362 g/mol. The Labute approximate surface area is 148 Å². The standard InChI is InChI=1S/C17H13Cl2N3O2/c18-14-5-3-11(8-15(14)19)22-17(23)16-6-4-12(9-21-16)20-10-13-2-1-7-24-13/h1-9,20H,10H2,(H,22,23). The van der Waals surface area contributed by atoms with Crippen LogP contribution < -0.4 is 10.6 Å². The molecule has 0 saturated carbocycles. The molecule has 3 rings (SSSR count). The molecule has 3 aromatic rings. The maximum atomic E-state index is 12.2. The van der Waals surface area contributed by atoms with Crippen LogP contribution >= 0.6 is 23.2 Å². The molecule has 0 aliphatic heterocycles. The molecule has 0 fully saturated rings. The first-order chi connectivity index (χ1) is 11.6. The van der Waals surface area contributed by atoms with Gasteiger partial charge in [-0.1, -0.05) is 23.2 Å². The number of carbonyl (C=O) groups is 1. The summed E-state index contributed by atoms with van der Waals surface area (Å²) in [6.45, 7) is 0.545. The number of pyridine rings is 1. The minimum absolute atomic E-state index is 0.296. The molecule has 122 valence electrons. The zero-order valence-electron chi connectivity index (χ0n) is 12.4. The molecule has 0 unspecified atom stereocenters. The second-order valence-corrected chi connectivity index (χ2v) is 5.76. The van der Waals surface area contributed by atoms with Crippen LogP contribution in [0.3, 0.4) is 0 Å². The van der Waals surface area contributed by atoms with E-state index in [0.29, 0.717) is 28.0 Å². The van der Waals surface area contributed by atoms with Crippen molar-refractivity contribution in [2.24, 2.45) is 0 Å². The number of furan rings is 1. The Morgan fingerprint density at radius 2 is 1.92 bits per heavy atom. The van der Waals surface area contributed by atoms with Crippen molar-refractivity contribution < 1.29 is 9.21 Å². The third-order valence-electron chi connectivity index (χ3n) is 3.22. The van der Waals surface area contributed by atoms with Gasteiger partial charge in [0.2, 0.25) is 0 Å². The third-order valence-corrected chi connectivity index (χ3v) is 3.96. The van der Waals surface area contributed by atoms with Crippen LogP contribution in [0.5, 0.6) is 0 Å². The average Bonchev–Trinajstić information content (AvgIpc) is 3.10. The van der Waals surface area contributed by atoms with Gasteiger partial charge in [-0.25, -0.2) is 4.98 Å². The SMILES string of the molecule is O=C(Nc1ccc(Cl)c(Cl)c1)c1ccc(NCc2ccco2)cn1. The number of amides is 1. The number of nitrogens with zero attached hydrogens (tertiary/aromatic N) is 1. The first-order valence-corrected chi connectivity index (χ1v) is 7.86. The maximum Gasteiger partial charge on any atom is 0.274 e. The maximum absolute atomic E-state index is 12.2. The van der Waals surface area contributed by atoms with Crippen LogP contribution in [0.15, 0.2) is 59.3 Å². The number of rotatable bonds is 5. The Hall–Kier alpha value is -2.50. The van der Waals surface area contributed by atoms with E-state index in [0.717, 1.165) is 11.4 Å². The lowest BCUT2D eigenvalue weighted by atomic mass is 10.2. The molecular weight excluding hydrogens is 349 g/mol. The smallest absolute Gasteiger partial charge is 0.274 e. The summed E-state index contributed by atoms with van der Waals surface area (Å²) in [6.07, 6.45) is 3.21. The van der Waals surface area contributed by atoms with Gasteiger partial charge in [-0.3, -0.25) is 4.79 Å². The van der Waals surface area contributed by atoms with E-state index in [9.17, 15) is 4.79 Å². The second kappa shape index (κ2) is 7.38. The molecular formula is C17H13Cl2N3O2. The third kappa shape index (κ3) is 4.07. The fourth-order valence-corrected chi connectivity index (χ4v) is 2.30. The molecule has 0 atom stereocenters. The number of carbonyl (C=O) groups excluding carboxylic acids is 1. The van der Waals surface area contributed by atoms with Crippen molar-refractivity contribution in [3.05, 3.63) is 76.4 Å². The molecule has 5 nitrogen and oxygen atoms in total. The topological polar surface area (TPSA) is 67.2 Å². The molecule has 1 amide bonds. The molecule has 2 N–H and O–H groups in total. The highest BCUT2D eigenvalue weighted by atomic mass is 35.5. The lowest BCUT2D eigenvalue weighted by Crippen LogP contribution is -2.13. The molecule has 0 radical (unpaired) electrons. The quantitative estimate of drug-likeness (QED) is 0.681. The van der Waals surface area contributed by atoms with E-state index in [2.05, 4.69) is 15.6 Å². The Bertz CT molecular complexity index is 834. The normalized spacial score (nSPS) is 10.4. The molecule has 0 bridgehead atoms. The number of hydrogen-bond donors (Lipinski definition) is 2. The van der Waals surface area contributed by atoms with Crippen LogP contribution in [0.1, 0.15) is 16.2 Å². The Morgan fingerprint density at radius 1 is 1.08 bits per heavy atom. The summed E-state index contributed by atoms with van der Waals surface area (Å²) in [5.74, 6) is 0.488. The molecule has 0 saturated heterocycles. The minimum Gasteiger partial charge on any atom is -0.467 e. The van der Waals surface area contributed by atoms with Crippen molar-refractivity contribution in [3.63, 3.8) is 0 Å². The molecule has 2 heterocycles. The van der Waals surface area contributed by atoms with E-state index in [1.807, 2.05) is 12.1 Å². The van der Waals surface area contributed by atoms with E-state index < -0.39 is 0 Å². The number of hydrogen-bond acceptors (Lipinski definition) is 4. The van der Waals surface area contributed by atoms with Gasteiger partial charge in [-0.05, 0) is 42.5 Å². The van der Waals surface area contributed by atoms with E-state index in [4.69, 9.17) is 27.6 Å². The van der Waals surface area contributed by atoms with E-state index in [-0.39, 0.29) is 5.91 Å². The van der Waals surface area contributed by atoms with Gasteiger partial charge < -0.3 is 15.1 Å². The minimum atomic E-state index is -0.328. The number of aromatic nitrogens is 1. The van der Waals surface area contributed by atoms with Gasteiger partial charge in [0.25, 0.3) is 5.91 Å². The Morgan fingerprint density at radius 3 is 2.58 bits per heavy atom. The van der Waals surface area contributed by atoms with Crippen molar-refractivity contribution in [1.82, 2.24) is 4.98 Å². The summed E-state index contributed by atoms with van der Waals surface area (Å²) >= 11 is 11.8. The lowest BCUT2D eigenvalue weighted by molar-refractivity contribution is 0.102. The fourth-order valence-electron chi connectivity index (χ4n) is 2.00. The lowest BCUT2D eigenvalue weighted by Gasteiger charge is -2.07. The van der Waals surface area contributed by atoms with Gasteiger partial charge in [-0.2, -0.15) is 0 Å². The summed E-state index contributed by atoms with van der Waals surface area (Å²) in [6, 6.07) is 12.0. The van der Waals surface area contributed by atoms with Gasteiger partial charge in [-0.15, -0.1) is 0 Å². The Balaban J connectivity index is 1.61. The van der Waals surface area contributed by atoms with Crippen LogP contribution in [0.25, 0.3) is 0 Å². The molecule has 1 aromatic carbocycles. The van der Waals surface area contributed by atoms with Crippen LogP contribution in [0.4, 0.5) is 11.4 Å². The van der Waals surface area contributed by atoms with E-state index in [1.54, 1.807) is 42.8 Å². The van der Waals surface area contributed by atoms with Gasteiger partial charge in [0, 0.05) is 5.69 Å². The van der Waals surface area contributed by atoms with Gasteiger partial charge in [0.05, 0.1) is 34.7 Å². The van der Waals surface area contributed by atoms with Gasteiger partial charge >= 0.3 is 0 Å². The van der Waals surface area contributed by atoms with Crippen LogP contribution in [0.2, 0.25) is 10.0 Å². The van der Waals surface area contributed by atoms with Crippen LogP contribution in [-0.4, -0.2) is 10.9 Å². The molecule has 2 aromatic heterocycles. The number of benzene rings is 1. The van der Waals surface area contributed by atoms with Crippen molar-refractivity contribution in [2.45, 2.75) is 6.54 Å². The van der Waals surface area contributed by atoms with Crippen molar-refractivity contribution >= 4 is 40.5 Å². The van der Waals surface area contributed by atoms with E-state index in [1.165, 1.54) is 0 Å². The molecule has 0 aliphatic carbocycles. The fraction of sp³-hybridized carbons (Fsp3) is 0.0588. The number of anilines is 2. The van der Waals surface area contributed by atoms with Gasteiger partial charge in [0.1, 0.15) is 11.5 Å². The predicted octanol–water partition coefficient (Wildman–Crippen LogP) is 4.85. The largest absolute Gasteiger partial charge is 0.467 e. The first-order valence-electron chi connectivity index (χ1n) is 7.10. The van der Waals surface area contributed by atoms with E-state index >= 15 is 0 Å². The zero-order valence-corrected chi connectivity index (χ0v) is 13.9. The highest BCUT2D eigenvalue weighted by Crippen LogP contribution is 2.25. The van der Waals surface area contributed by atoms with Gasteiger partial charge in [0.15, 0.2) is 0 Å². The summed E-state index contributed by atoms with van der Waals surface area (Å²) in [5, 5.41) is 6.68. The monoisotopic (exact) mass is 361 g/mol. The molecule has 24 heavy (non-hydrogen) atoms. The molecule has 0 aliphatic rings. The second-order valence-electron chi connectivity index (χ2n) is 4.95.